The average molecular weight is 395 g/mol. The molecule has 1 saturated heterocycles. The van der Waals surface area contributed by atoms with Crippen LogP contribution in [0, 0.1) is 0 Å². The second-order valence-corrected chi connectivity index (χ2v) is 6.99. The summed E-state index contributed by atoms with van der Waals surface area (Å²) < 4.78 is 5.35. The van der Waals surface area contributed by atoms with E-state index in [-0.39, 0.29) is 5.91 Å². The molecule has 6 nitrogen and oxygen atoms in total. The molecule has 7 heteroatoms. The number of nitrogens with one attached hydrogen (secondary N) is 1. The molecule has 1 aromatic rings. The molecule has 1 fully saturated rings. The van der Waals surface area contributed by atoms with E-state index >= 15 is 0 Å². The Balaban J connectivity index is 1.72. The Labute approximate surface area is 167 Å². The molecule has 0 radical (unpaired) electrons. The number of rotatable bonds is 8. The maximum Gasteiger partial charge on any atom is 0.227 e. The fourth-order valence-electron chi connectivity index (χ4n) is 3.11. The summed E-state index contributed by atoms with van der Waals surface area (Å²) in [5.74, 6) is 1.06. The van der Waals surface area contributed by atoms with Gasteiger partial charge in [-0.25, -0.2) is 0 Å². The first kappa shape index (κ1) is 21.5. The summed E-state index contributed by atoms with van der Waals surface area (Å²) in [6.07, 6.45) is 2.49. The Morgan fingerprint density at radius 3 is 2.63 bits per heavy atom. The van der Waals surface area contributed by atoms with Crippen LogP contribution in [0.5, 0.6) is 0 Å². The van der Waals surface area contributed by atoms with Crippen LogP contribution in [0.2, 0.25) is 5.02 Å². The van der Waals surface area contributed by atoms with Crippen molar-refractivity contribution in [3.05, 3.63) is 34.9 Å². The molecular formula is C20H31ClN4O2. The number of nitrogens with zero attached hydrogens (tertiary/aromatic N) is 3. The van der Waals surface area contributed by atoms with E-state index in [1.165, 1.54) is 0 Å². The van der Waals surface area contributed by atoms with Gasteiger partial charge in [-0.1, -0.05) is 23.7 Å². The lowest BCUT2D eigenvalue weighted by atomic mass is 10.1. The Morgan fingerprint density at radius 2 is 1.96 bits per heavy atom. The molecule has 1 amide bonds. The molecule has 27 heavy (non-hydrogen) atoms. The van der Waals surface area contributed by atoms with Crippen LogP contribution in [0.4, 0.5) is 0 Å². The van der Waals surface area contributed by atoms with Crippen molar-refractivity contribution < 1.29 is 9.53 Å². The predicted molar refractivity (Wildman–Crippen MR) is 110 cm³/mol. The highest BCUT2D eigenvalue weighted by molar-refractivity contribution is 6.30. The monoisotopic (exact) mass is 394 g/mol. The third-order valence-electron chi connectivity index (χ3n) is 4.59. The number of unbranched alkanes of at least 4 members (excludes halogenated alkanes) is 1. The van der Waals surface area contributed by atoms with E-state index in [9.17, 15) is 4.79 Å². The molecule has 0 aromatic heterocycles. The molecule has 2 rings (SSSR count). The van der Waals surface area contributed by atoms with Gasteiger partial charge >= 0.3 is 0 Å². The van der Waals surface area contributed by atoms with Crippen LogP contribution in [0.3, 0.4) is 0 Å². The molecule has 0 bridgehead atoms. The average Bonchev–Trinajstić information content (AvgIpc) is 2.68. The summed E-state index contributed by atoms with van der Waals surface area (Å²) >= 11 is 6.00. The highest BCUT2D eigenvalue weighted by Gasteiger charge is 2.22. The second kappa shape index (κ2) is 11.8. The van der Waals surface area contributed by atoms with Crippen LogP contribution in [-0.4, -0.2) is 74.7 Å². The number of ether oxygens (including phenoxy) is 1. The molecule has 150 valence electrons. The topological polar surface area (TPSA) is 57.2 Å². The number of hydrogen-bond acceptors (Lipinski definition) is 3. The number of aliphatic imine (C=N–C) groups is 1. The first-order valence-electron chi connectivity index (χ1n) is 9.69. The van der Waals surface area contributed by atoms with Crippen molar-refractivity contribution in [3.8, 4) is 0 Å². The van der Waals surface area contributed by atoms with Gasteiger partial charge in [-0.2, -0.15) is 0 Å². The number of hydrogen-bond donors (Lipinski definition) is 1. The number of carbonyl (C=O) groups excluding carboxylic acids is 1. The quantitative estimate of drug-likeness (QED) is 0.418. The van der Waals surface area contributed by atoms with E-state index in [2.05, 4.69) is 15.2 Å². The Bertz CT molecular complexity index is 616. The third-order valence-corrected chi connectivity index (χ3v) is 4.83. The summed E-state index contributed by atoms with van der Waals surface area (Å²) in [5.41, 5.74) is 0.958. The van der Waals surface area contributed by atoms with Crippen LogP contribution in [0.25, 0.3) is 0 Å². The highest BCUT2D eigenvalue weighted by atomic mass is 35.5. The summed E-state index contributed by atoms with van der Waals surface area (Å²) in [6, 6.07) is 7.50. The molecule has 1 aliphatic rings. The number of halogens is 1. The van der Waals surface area contributed by atoms with E-state index in [4.69, 9.17) is 16.3 Å². The third kappa shape index (κ3) is 7.39. The van der Waals surface area contributed by atoms with Gasteiger partial charge in [0.05, 0.1) is 6.42 Å². The maximum atomic E-state index is 12.5. The lowest BCUT2D eigenvalue weighted by Gasteiger charge is -2.36. The van der Waals surface area contributed by atoms with Crippen LogP contribution < -0.4 is 5.32 Å². The fraction of sp³-hybridized carbons (Fsp3) is 0.600. The minimum absolute atomic E-state index is 0.149. The molecule has 1 N–H and O–H groups in total. The first-order valence-corrected chi connectivity index (χ1v) is 10.1. The van der Waals surface area contributed by atoms with Gasteiger partial charge < -0.3 is 19.9 Å². The van der Waals surface area contributed by atoms with Crippen molar-refractivity contribution in [2.75, 3.05) is 53.0 Å². The molecular weight excluding hydrogens is 364 g/mol. The molecule has 0 unspecified atom stereocenters. The zero-order valence-corrected chi connectivity index (χ0v) is 17.2. The first-order chi connectivity index (χ1) is 13.1. The van der Waals surface area contributed by atoms with Gasteiger partial charge in [0.2, 0.25) is 5.91 Å². The van der Waals surface area contributed by atoms with Crippen molar-refractivity contribution >= 4 is 23.5 Å². The number of guanidine groups is 1. The molecule has 1 heterocycles. The lowest BCUT2D eigenvalue weighted by molar-refractivity contribution is -0.131. The molecule has 0 atom stereocenters. The molecule has 1 aromatic carbocycles. The van der Waals surface area contributed by atoms with Gasteiger partial charge in [0, 0.05) is 58.0 Å². The predicted octanol–water partition coefficient (Wildman–Crippen LogP) is 2.42. The van der Waals surface area contributed by atoms with Crippen molar-refractivity contribution in [2.45, 2.75) is 26.2 Å². The maximum absolute atomic E-state index is 12.5. The molecule has 0 saturated carbocycles. The smallest absolute Gasteiger partial charge is 0.227 e. The van der Waals surface area contributed by atoms with Gasteiger partial charge in [0.15, 0.2) is 5.96 Å². The number of piperazine rings is 1. The van der Waals surface area contributed by atoms with Crippen molar-refractivity contribution in [1.82, 2.24) is 15.1 Å². The largest absolute Gasteiger partial charge is 0.382 e. The highest BCUT2D eigenvalue weighted by Crippen LogP contribution is 2.13. The summed E-state index contributed by atoms with van der Waals surface area (Å²) in [6.45, 7) is 7.49. The zero-order chi connectivity index (χ0) is 19.5. The minimum atomic E-state index is 0.149. The summed E-state index contributed by atoms with van der Waals surface area (Å²) in [7, 11) is 1.80. The number of amides is 1. The Hall–Kier alpha value is -1.79. The molecule has 1 aliphatic heterocycles. The zero-order valence-electron chi connectivity index (χ0n) is 16.4. The van der Waals surface area contributed by atoms with Crippen molar-refractivity contribution in [3.63, 3.8) is 0 Å². The van der Waals surface area contributed by atoms with Gasteiger partial charge in [-0.05, 0) is 37.5 Å². The standard InChI is InChI=1S/C20H31ClN4O2/c1-3-27-14-5-4-9-23-20(22-2)25-12-10-24(11-13-25)19(26)16-17-7-6-8-18(21)15-17/h6-8,15H,3-5,9-14,16H2,1-2H3,(H,22,23). The van der Waals surface area contributed by atoms with Crippen LogP contribution in [0.15, 0.2) is 29.3 Å². The van der Waals surface area contributed by atoms with Crippen LogP contribution >= 0.6 is 11.6 Å². The summed E-state index contributed by atoms with van der Waals surface area (Å²) in [4.78, 5) is 21.0. The fourth-order valence-corrected chi connectivity index (χ4v) is 3.32. The van der Waals surface area contributed by atoms with Crippen LogP contribution in [-0.2, 0) is 16.0 Å². The lowest BCUT2D eigenvalue weighted by Crippen LogP contribution is -2.54. The van der Waals surface area contributed by atoms with E-state index in [1.807, 2.05) is 36.1 Å². The van der Waals surface area contributed by atoms with Crippen molar-refractivity contribution in [2.24, 2.45) is 4.99 Å². The van der Waals surface area contributed by atoms with E-state index in [0.717, 1.165) is 57.2 Å². The van der Waals surface area contributed by atoms with Crippen LogP contribution in [0.1, 0.15) is 25.3 Å². The Kier molecular flexibility index (Phi) is 9.42. The second-order valence-electron chi connectivity index (χ2n) is 6.55. The Morgan fingerprint density at radius 1 is 1.22 bits per heavy atom. The van der Waals surface area contributed by atoms with Crippen molar-refractivity contribution in [1.29, 1.82) is 0 Å². The van der Waals surface area contributed by atoms with Gasteiger partial charge in [-0.3, -0.25) is 9.79 Å². The normalized spacial score (nSPS) is 15.1. The van der Waals surface area contributed by atoms with Gasteiger partial charge in [0.25, 0.3) is 0 Å². The summed E-state index contributed by atoms with van der Waals surface area (Å²) in [5, 5.41) is 4.08. The van der Waals surface area contributed by atoms with Gasteiger partial charge in [0.1, 0.15) is 0 Å². The number of carbonyl (C=O) groups is 1. The van der Waals surface area contributed by atoms with E-state index < -0.39 is 0 Å². The van der Waals surface area contributed by atoms with E-state index in [1.54, 1.807) is 7.05 Å². The van der Waals surface area contributed by atoms with E-state index in [0.29, 0.717) is 24.5 Å². The SMILES string of the molecule is CCOCCCCNC(=NC)N1CCN(C(=O)Cc2cccc(Cl)c2)CC1. The van der Waals surface area contributed by atoms with Gasteiger partial charge in [-0.15, -0.1) is 0 Å². The molecule has 0 aliphatic carbocycles. The molecule has 0 spiro atoms. The minimum Gasteiger partial charge on any atom is -0.382 e. The number of benzene rings is 1.